The number of nitrogens with one attached hydrogen (secondary N) is 1. The SMILES string of the molecule is Cc1ccccc1OC[C@H](O)CNC[C@H](C)O. The lowest BCUT2D eigenvalue weighted by molar-refractivity contribution is 0.101. The highest BCUT2D eigenvalue weighted by Crippen LogP contribution is 2.16. The van der Waals surface area contributed by atoms with Crippen LogP contribution in [0.1, 0.15) is 12.5 Å². The van der Waals surface area contributed by atoms with Crippen LogP contribution in [0, 0.1) is 6.92 Å². The van der Waals surface area contributed by atoms with Crippen LogP contribution < -0.4 is 10.1 Å². The molecule has 0 radical (unpaired) electrons. The summed E-state index contributed by atoms with van der Waals surface area (Å²) in [5, 5.41) is 21.6. The first-order chi connectivity index (χ1) is 8.09. The van der Waals surface area contributed by atoms with Crippen molar-refractivity contribution in [2.75, 3.05) is 19.7 Å². The van der Waals surface area contributed by atoms with Crippen molar-refractivity contribution in [2.45, 2.75) is 26.1 Å². The normalized spacial score (nSPS) is 14.4. The number of ether oxygens (including phenoxy) is 1. The summed E-state index contributed by atoms with van der Waals surface area (Å²) in [7, 11) is 0. The molecule has 4 nitrogen and oxygen atoms in total. The van der Waals surface area contributed by atoms with Gasteiger partial charge >= 0.3 is 0 Å². The fourth-order valence-electron chi connectivity index (χ4n) is 1.42. The van der Waals surface area contributed by atoms with Crippen LogP contribution in [-0.2, 0) is 0 Å². The van der Waals surface area contributed by atoms with Crippen molar-refractivity contribution in [1.82, 2.24) is 5.32 Å². The number of para-hydroxylation sites is 1. The van der Waals surface area contributed by atoms with E-state index in [1.807, 2.05) is 31.2 Å². The zero-order valence-corrected chi connectivity index (χ0v) is 10.4. The highest BCUT2D eigenvalue weighted by Gasteiger charge is 2.06. The van der Waals surface area contributed by atoms with Crippen molar-refractivity contribution >= 4 is 0 Å². The monoisotopic (exact) mass is 239 g/mol. The minimum atomic E-state index is -0.576. The number of hydrogen-bond donors (Lipinski definition) is 3. The topological polar surface area (TPSA) is 61.7 Å². The van der Waals surface area contributed by atoms with Gasteiger partial charge in [0, 0.05) is 13.1 Å². The van der Waals surface area contributed by atoms with Crippen LogP contribution >= 0.6 is 0 Å². The largest absolute Gasteiger partial charge is 0.491 e. The van der Waals surface area contributed by atoms with E-state index in [0.717, 1.165) is 11.3 Å². The standard InChI is InChI=1S/C13H21NO3/c1-10-5-3-4-6-13(10)17-9-12(16)8-14-7-11(2)15/h3-6,11-12,14-16H,7-9H2,1-2H3/t11-,12+/m0/s1. The van der Waals surface area contributed by atoms with E-state index in [2.05, 4.69) is 5.32 Å². The number of benzene rings is 1. The summed E-state index contributed by atoms with van der Waals surface area (Å²) in [6.07, 6.45) is -0.979. The highest BCUT2D eigenvalue weighted by molar-refractivity contribution is 5.31. The fraction of sp³-hybridized carbons (Fsp3) is 0.538. The molecule has 0 aliphatic rings. The zero-order chi connectivity index (χ0) is 12.7. The van der Waals surface area contributed by atoms with Crippen LogP contribution in [0.4, 0.5) is 0 Å². The van der Waals surface area contributed by atoms with Gasteiger partial charge in [-0.3, -0.25) is 0 Å². The van der Waals surface area contributed by atoms with Crippen LogP contribution in [-0.4, -0.2) is 42.1 Å². The second-order valence-corrected chi connectivity index (χ2v) is 4.24. The number of aliphatic hydroxyl groups is 2. The maximum atomic E-state index is 9.65. The van der Waals surface area contributed by atoms with Crippen LogP contribution in [0.25, 0.3) is 0 Å². The Labute approximate surface area is 102 Å². The van der Waals surface area contributed by atoms with E-state index in [9.17, 15) is 5.11 Å². The zero-order valence-electron chi connectivity index (χ0n) is 10.4. The molecule has 0 heterocycles. The minimum absolute atomic E-state index is 0.248. The molecule has 0 unspecified atom stereocenters. The molecule has 0 aliphatic heterocycles. The number of aliphatic hydroxyl groups excluding tert-OH is 2. The molecule has 0 amide bonds. The van der Waals surface area contributed by atoms with E-state index in [0.29, 0.717) is 13.1 Å². The summed E-state index contributed by atoms with van der Waals surface area (Å²) >= 11 is 0. The van der Waals surface area contributed by atoms with E-state index in [4.69, 9.17) is 9.84 Å². The van der Waals surface area contributed by atoms with Crippen molar-refractivity contribution in [3.8, 4) is 5.75 Å². The molecule has 0 aromatic heterocycles. The highest BCUT2D eigenvalue weighted by atomic mass is 16.5. The van der Waals surface area contributed by atoms with Gasteiger partial charge in [-0.2, -0.15) is 0 Å². The van der Waals surface area contributed by atoms with E-state index < -0.39 is 12.2 Å². The lowest BCUT2D eigenvalue weighted by Crippen LogP contribution is -2.35. The Morgan fingerprint density at radius 2 is 1.94 bits per heavy atom. The molecule has 1 aromatic rings. The molecule has 1 rings (SSSR count). The van der Waals surface area contributed by atoms with Gasteiger partial charge in [0.1, 0.15) is 18.5 Å². The lowest BCUT2D eigenvalue weighted by Gasteiger charge is -2.15. The van der Waals surface area contributed by atoms with Crippen LogP contribution in [0.2, 0.25) is 0 Å². The van der Waals surface area contributed by atoms with Gasteiger partial charge in [0.2, 0.25) is 0 Å². The third-order valence-corrected chi connectivity index (χ3v) is 2.34. The molecule has 96 valence electrons. The molecule has 4 heteroatoms. The third kappa shape index (κ3) is 5.68. The Bertz CT molecular complexity index is 328. The predicted octanol–water partition coefficient (Wildman–Crippen LogP) is 0.705. The number of rotatable bonds is 7. The summed E-state index contributed by atoms with van der Waals surface area (Å²) in [5.74, 6) is 0.794. The van der Waals surface area contributed by atoms with Crippen LogP contribution in [0.5, 0.6) is 5.75 Å². The van der Waals surface area contributed by atoms with Gasteiger partial charge in [-0.25, -0.2) is 0 Å². The molecule has 0 aliphatic carbocycles. The third-order valence-electron chi connectivity index (χ3n) is 2.34. The summed E-state index contributed by atoms with van der Waals surface area (Å²) < 4.78 is 5.50. The second kappa shape index (κ2) is 7.27. The molecular weight excluding hydrogens is 218 g/mol. The lowest BCUT2D eigenvalue weighted by atomic mass is 10.2. The first-order valence-electron chi connectivity index (χ1n) is 5.85. The fourth-order valence-corrected chi connectivity index (χ4v) is 1.42. The van der Waals surface area contributed by atoms with Gasteiger partial charge in [0.05, 0.1) is 6.10 Å². The molecule has 0 fully saturated rings. The van der Waals surface area contributed by atoms with Gasteiger partial charge < -0.3 is 20.3 Å². The van der Waals surface area contributed by atoms with Crippen molar-refractivity contribution < 1.29 is 14.9 Å². The van der Waals surface area contributed by atoms with Crippen molar-refractivity contribution in [1.29, 1.82) is 0 Å². The molecule has 0 saturated carbocycles. The van der Waals surface area contributed by atoms with E-state index in [-0.39, 0.29) is 6.61 Å². The Morgan fingerprint density at radius 3 is 2.59 bits per heavy atom. The quantitative estimate of drug-likeness (QED) is 0.655. The average molecular weight is 239 g/mol. The van der Waals surface area contributed by atoms with E-state index >= 15 is 0 Å². The Balaban J connectivity index is 2.24. The minimum Gasteiger partial charge on any atom is -0.491 e. The van der Waals surface area contributed by atoms with E-state index in [1.165, 1.54) is 0 Å². The van der Waals surface area contributed by atoms with Gasteiger partial charge in [0.25, 0.3) is 0 Å². The second-order valence-electron chi connectivity index (χ2n) is 4.24. The maximum Gasteiger partial charge on any atom is 0.122 e. The Hall–Kier alpha value is -1.10. The molecule has 3 N–H and O–H groups in total. The Morgan fingerprint density at radius 1 is 1.24 bits per heavy atom. The number of hydrogen-bond acceptors (Lipinski definition) is 4. The van der Waals surface area contributed by atoms with Crippen LogP contribution in [0.15, 0.2) is 24.3 Å². The molecule has 0 spiro atoms. The summed E-state index contributed by atoms with van der Waals surface area (Å²) in [4.78, 5) is 0. The first-order valence-corrected chi connectivity index (χ1v) is 5.85. The summed E-state index contributed by atoms with van der Waals surface area (Å²) in [5.41, 5.74) is 1.05. The van der Waals surface area contributed by atoms with Gasteiger partial charge in [-0.15, -0.1) is 0 Å². The summed E-state index contributed by atoms with van der Waals surface area (Å²) in [6.45, 7) is 4.80. The first kappa shape index (κ1) is 14.0. The molecule has 17 heavy (non-hydrogen) atoms. The maximum absolute atomic E-state index is 9.65. The van der Waals surface area contributed by atoms with Gasteiger partial charge in [-0.05, 0) is 25.5 Å². The van der Waals surface area contributed by atoms with Crippen molar-refractivity contribution in [3.05, 3.63) is 29.8 Å². The number of aryl methyl sites for hydroxylation is 1. The predicted molar refractivity (Wildman–Crippen MR) is 67.2 cm³/mol. The van der Waals surface area contributed by atoms with Crippen molar-refractivity contribution in [2.24, 2.45) is 0 Å². The molecule has 0 bridgehead atoms. The summed E-state index contributed by atoms with van der Waals surface area (Å²) in [6, 6.07) is 7.70. The van der Waals surface area contributed by atoms with E-state index in [1.54, 1.807) is 6.92 Å². The average Bonchev–Trinajstić information content (AvgIpc) is 2.27. The van der Waals surface area contributed by atoms with Gasteiger partial charge in [0.15, 0.2) is 0 Å². The smallest absolute Gasteiger partial charge is 0.122 e. The molecular formula is C13H21NO3. The van der Waals surface area contributed by atoms with Crippen LogP contribution in [0.3, 0.4) is 0 Å². The molecule has 1 aromatic carbocycles. The molecule has 0 saturated heterocycles. The van der Waals surface area contributed by atoms with Gasteiger partial charge in [-0.1, -0.05) is 18.2 Å². The Kier molecular flexibility index (Phi) is 5.97. The molecule has 2 atom stereocenters. The van der Waals surface area contributed by atoms with Crippen molar-refractivity contribution in [3.63, 3.8) is 0 Å².